The van der Waals surface area contributed by atoms with E-state index in [1.54, 1.807) is 0 Å². The molecule has 0 saturated carbocycles. The summed E-state index contributed by atoms with van der Waals surface area (Å²) in [6, 6.07) is 0.871. The van der Waals surface area contributed by atoms with Gasteiger partial charge in [-0.1, -0.05) is 0 Å². The molecule has 0 atom stereocenters. The van der Waals surface area contributed by atoms with Gasteiger partial charge in [-0.15, -0.1) is 0 Å². The highest BCUT2D eigenvalue weighted by atomic mass is 19.4. The smallest absolute Gasteiger partial charge is 0.378 e. The van der Waals surface area contributed by atoms with Crippen molar-refractivity contribution in [3.8, 4) is 0 Å². The fourth-order valence-corrected chi connectivity index (χ4v) is 2.03. The van der Waals surface area contributed by atoms with Crippen molar-refractivity contribution < 1.29 is 35.9 Å². The lowest BCUT2D eigenvalue weighted by molar-refractivity contribution is -0.143. The Hall–Kier alpha value is -1.81. The highest BCUT2D eigenvalue weighted by molar-refractivity contribution is 5.94. The molecule has 2 rings (SSSR count). The van der Waals surface area contributed by atoms with Gasteiger partial charge in [0, 0.05) is 18.7 Å². The number of nitrogens with one attached hydrogen (secondary N) is 1. The molecule has 25 heavy (non-hydrogen) atoms. The third-order valence-corrected chi connectivity index (χ3v) is 3.13. The number of nitrogens with zero attached hydrogens (tertiary/aromatic N) is 1. The zero-order valence-corrected chi connectivity index (χ0v) is 13.6. The van der Waals surface area contributed by atoms with Crippen molar-refractivity contribution in [1.82, 2.24) is 10.2 Å². The van der Waals surface area contributed by atoms with Gasteiger partial charge in [0.25, 0.3) is 5.91 Å². The number of carbonyl (C=O) groups excluding carboxylic acids is 1. The number of alkyl halides is 6. The average Bonchev–Trinajstić information content (AvgIpc) is 2.53. The third-order valence-electron chi connectivity index (χ3n) is 3.13. The molecule has 0 spiro atoms. The maximum atomic E-state index is 12.7. The molecule has 0 unspecified atom stereocenters. The highest BCUT2D eigenvalue weighted by Crippen LogP contribution is 2.36. The molecular formula is C15H18F6N2O2. The van der Waals surface area contributed by atoms with E-state index < -0.39 is 35.0 Å². The minimum Gasteiger partial charge on any atom is -0.378 e. The standard InChI is InChI=1S/C13H11F6NO2.C2H7N/c14-12(15,16)9-5-8(6-10(7-9)13(17,18)19)11(21)20-1-3-22-4-2-20;1-3-2/h5-7H,1-4H2;3H,1-2H3. The number of morpholine rings is 1. The number of hydrogen-bond donors (Lipinski definition) is 1. The first kappa shape index (κ1) is 21.2. The molecule has 1 aliphatic rings. The van der Waals surface area contributed by atoms with Gasteiger partial charge in [0.1, 0.15) is 0 Å². The van der Waals surface area contributed by atoms with Crippen LogP contribution in [-0.2, 0) is 17.1 Å². The zero-order valence-electron chi connectivity index (χ0n) is 13.6. The van der Waals surface area contributed by atoms with Gasteiger partial charge in [-0.3, -0.25) is 4.79 Å². The van der Waals surface area contributed by atoms with Crippen LogP contribution in [0.15, 0.2) is 18.2 Å². The second-order valence-electron chi connectivity index (χ2n) is 5.20. The zero-order chi connectivity index (χ0) is 19.3. The molecule has 4 nitrogen and oxygen atoms in total. The van der Waals surface area contributed by atoms with E-state index >= 15 is 0 Å². The average molecular weight is 372 g/mol. The van der Waals surface area contributed by atoms with Crippen molar-refractivity contribution in [2.24, 2.45) is 0 Å². The Morgan fingerprint density at radius 2 is 1.36 bits per heavy atom. The Labute approximate surface area is 140 Å². The summed E-state index contributed by atoms with van der Waals surface area (Å²) < 4.78 is 81.4. The summed E-state index contributed by atoms with van der Waals surface area (Å²) in [7, 11) is 3.75. The molecule has 1 aromatic rings. The van der Waals surface area contributed by atoms with Crippen LogP contribution in [0.5, 0.6) is 0 Å². The van der Waals surface area contributed by atoms with Crippen LogP contribution in [0, 0.1) is 0 Å². The predicted molar refractivity (Wildman–Crippen MR) is 78.2 cm³/mol. The first-order valence-corrected chi connectivity index (χ1v) is 7.25. The second kappa shape index (κ2) is 8.52. The van der Waals surface area contributed by atoms with E-state index in [4.69, 9.17) is 4.74 Å². The molecule has 142 valence electrons. The van der Waals surface area contributed by atoms with Gasteiger partial charge in [0.15, 0.2) is 0 Å². The number of rotatable bonds is 1. The summed E-state index contributed by atoms with van der Waals surface area (Å²) in [5.74, 6) is -0.875. The van der Waals surface area contributed by atoms with Crippen LogP contribution in [0.2, 0.25) is 0 Å². The van der Waals surface area contributed by atoms with Crippen molar-refractivity contribution in [3.05, 3.63) is 34.9 Å². The summed E-state index contributed by atoms with van der Waals surface area (Å²) in [6.45, 7) is 0.626. The van der Waals surface area contributed by atoms with Gasteiger partial charge in [-0.05, 0) is 32.3 Å². The van der Waals surface area contributed by atoms with E-state index in [1.165, 1.54) is 4.90 Å². The quantitative estimate of drug-likeness (QED) is 0.771. The number of amides is 1. The maximum Gasteiger partial charge on any atom is 0.416 e. The Kier molecular flexibility index (Phi) is 7.24. The fraction of sp³-hybridized carbons (Fsp3) is 0.533. The van der Waals surface area contributed by atoms with E-state index in [0.29, 0.717) is 12.1 Å². The first-order chi connectivity index (χ1) is 11.5. The molecule has 1 N–H and O–H groups in total. The summed E-state index contributed by atoms with van der Waals surface area (Å²) in [4.78, 5) is 13.3. The molecule has 1 saturated heterocycles. The monoisotopic (exact) mass is 372 g/mol. The molecule has 10 heteroatoms. The van der Waals surface area contributed by atoms with Crippen LogP contribution < -0.4 is 5.32 Å². The Balaban J connectivity index is 0.000000970. The van der Waals surface area contributed by atoms with Crippen molar-refractivity contribution in [3.63, 3.8) is 0 Å². The summed E-state index contributed by atoms with van der Waals surface area (Å²) in [5.41, 5.74) is -3.64. The van der Waals surface area contributed by atoms with Crippen molar-refractivity contribution in [1.29, 1.82) is 0 Å². The molecule has 0 bridgehead atoms. The van der Waals surface area contributed by atoms with E-state index in [9.17, 15) is 31.1 Å². The Bertz CT molecular complexity index is 548. The van der Waals surface area contributed by atoms with Crippen LogP contribution in [0.25, 0.3) is 0 Å². The van der Waals surface area contributed by atoms with E-state index in [2.05, 4.69) is 5.32 Å². The van der Waals surface area contributed by atoms with Crippen molar-refractivity contribution >= 4 is 5.91 Å². The van der Waals surface area contributed by atoms with Gasteiger partial charge < -0.3 is 15.0 Å². The summed E-state index contributed by atoms with van der Waals surface area (Å²) in [5, 5.41) is 2.75. The van der Waals surface area contributed by atoms with Gasteiger partial charge in [0.2, 0.25) is 0 Å². The van der Waals surface area contributed by atoms with Crippen LogP contribution in [0.3, 0.4) is 0 Å². The molecule has 1 aromatic carbocycles. The van der Waals surface area contributed by atoms with Crippen molar-refractivity contribution in [2.75, 3.05) is 40.4 Å². The first-order valence-electron chi connectivity index (χ1n) is 7.25. The molecule has 1 aliphatic heterocycles. The number of carbonyl (C=O) groups is 1. The highest BCUT2D eigenvalue weighted by Gasteiger charge is 2.38. The lowest BCUT2D eigenvalue weighted by Gasteiger charge is -2.27. The summed E-state index contributed by atoms with van der Waals surface area (Å²) in [6.07, 6.45) is -9.94. The molecule has 1 amide bonds. The fourth-order valence-electron chi connectivity index (χ4n) is 2.03. The molecule has 0 radical (unpaired) electrons. The molecule has 1 heterocycles. The van der Waals surface area contributed by atoms with Gasteiger partial charge >= 0.3 is 12.4 Å². The number of ether oxygens (including phenoxy) is 1. The SMILES string of the molecule is CNC.O=C(c1cc(C(F)(F)F)cc(C(F)(F)F)c1)N1CCOCC1. The molecule has 0 aliphatic carbocycles. The second-order valence-corrected chi connectivity index (χ2v) is 5.20. The Morgan fingerprint density at radius 1 is 0.960 bits per heavy atom. The predicted octanol–water partition coefficient (Wildman–Crippen LogP) is 3.03. The van der Waals surface area contributed by atoms with Gasteiger partial charge in [0.05, 0.1) is 24.3 Å². The third kappa shape index (κ3) is 6.20. The number of hydrogen-bond acceptors (Lipinski definition) is 3. The van der Waals surface area contributed by atoms with Gasteiger partial charge in [-0.2, -0.15) is 26.3 Å². The van der Waals surface area contributed by atoms with Crippen LogP contribution in [0.1, 0.15) is 21.5 Å². The largest absolute Gasteiger partial charge is 0.416 e. The van der Waals surface area contributed by atoms with Crippen LogP contribution in [0.4, 0.5) is 26.3 Å². The van der Waals surface area contributed by atoms with E-state index in [-0.39, 0.29) is 32.4 Å². The minimum atomic E-state index is -4.97. The minimum absolute atomic E-state index is 0.00387. The normalized spacial score (nSPS) is 15.4. The van der Waals surface area contributed by atoms with Crippen LogP contribution >= 0.6 is 0 Å². The number of halogens is 6. The topological polar surface area (TPSA) is 41.6 Å². The van der Waals surface area contributed by atoms with Gasteiger partial charge in [-0.25, -0.2) is 0 Å². The maximum absolute atomic E-state index is 12.7. The lowest BCUT2D eigenvalue weighted by Crippen LogP contribution is -2.40. The molecule has 0 aromatic heterocycles. The lowest BCUT2D eigenvalue weighted by atomic mass is 10.0. The summed E-state index contributed by atoms with van der Waals surface area (Å²) >= 11 is 0. The Morgan fingerprint density at radius 3 is 1.72 bits per heavy atom. The van der Waals surface area contributed by atoms with Crippen LogP contribution in [-0.4, -0.2) is 51.2 Å². The van der Waals surface area contributed by atoms with Crippen molar-refractivity contribution in [2.45, 2.75) is 12.4 Å². The molecular weight excluding hydrogens is 354 g/mol. The molecule has 1 fully saturated rings. The van der Waals surface area contributed by atoms with E-state index in [0.717, 1.165) is 0 Å². The number of benzene rings is 1. The van der Waals surface area contributed by atoms with E-state index in [1.807, 2.05) is 14.1 Å².